The number of carbonyl (C=O) groups excluding carboxylic acids is 1. The molecule has 1 aromatic carbocycles. The minimum atomic E-state index is -0.552. The second-order valence-electron chi connectivity index (χ2n) is 6.12. The standard InChI is InChI=1S/C18H18N2O2/c1-18(2,3)22-17(21)20-15-10-5-4-8-13(15)12-16(20)14-9-6-7-11-19-14/h4-12H,1-3H3. The van der Waals surface area contributed by atoms with Gasteiger partial charge >= 0.3 is 6.09 Å². The molecule has 2 heterocycles. The van der Waals surface area contributed by atoms with Crippen molar-refractivity contribution in [1.29, 1.82) is 0 Å². The Morgan fingerprint density at radius 1 is 1.09 bits per heavy atom. The highest BCUT2D eigenvalue weighted by Crippen LogP contribution is 2.28. The Hall–Kier alpha value is -2.62. The van der Waals surface area contributed by atoms with E-state index in [0.717, 1.165) is 22.3 Å². The fraction of sp³-hybridized carbons (Fsp3) is 0.222. The van der Waals surface area contributed by atoms with Gasteiger partial charge in [0.1, 0.15) is 5.60 Å². The lowest BCUT2D eigenvalue weighted by molar-refractivity contribution is 0.0547. The van der Waals surface area contributed by atoms with Crippen LogP contribution < -0.4 is 0 Å². The zero-order chi connectivity index (χ0) is 15.7. The largest absolute Gasteiger partial charge is 0.443 e. The Morgan fingerprint density at radius 3 is 2.50 bits per heavy atom. The van der Waals surface area contributed by atoms with Crippen molar-refractivity contribution in [3.8, 4) is 11.4 Å². The topological polar surface area (TPSA) is 44.1 Å². The molecule has 0 atom stereocenters. The van der Waals surface area contributed by atoms with Crippen molar-refractivity contribution in [2.45, 2.75) is 26.4 Å². The van der Waals surface area contributed by atoms with Gasteiger partial charge in [-0.2, -0.15) is 0 Å². The van der Waals surface area contributed by atoms with E-state index < -0.39 is 11.7 Å². The van der Waals surface area contributed by atoms with Gasteiger partial charge in [0.05, 0.1) is 16.9 Å². The summed E-state index contributed by atoms with van der Waals surface area (Å²) in [7, 11) is 0. The van der Waals surface area contributed by atoms with E-state index in [1.165, 1.54) is 0 Å². The van der Waals surface area contributed by atoms with Crippen LogP contribution >= 0.6 is 0 Å². The van der Waals surface area contributed by atoms with Crippen molar-refractivity contribution in [1.82, 2.24) is 9.55 Å². The molecule has 0 amide bonds. The van der Waals surface area contributed by atoms with Crippen LogP contribution in [0.25, 0.3) is 22.3 Å². The van der Waals surface area contributed by atoms with Gasteiger partial charge in [0, 0.05) is 11.6 Å². The Labute approximate surface area is 129 Å². The third kappa shape index (κ3) is 2.72. The summed E-state index contributed by atoms with van der Waals surface area (Å²) in [6, 6.07) is 15.3. The van der Waals surface area contributed by atoms with Crippen molar-refractivity contribution >= 4 is 17.0 Å². The van der Waals surface area contributed by atoms with E-state index in [1.807, 2.05) is 69.3 Å². The predicted octanol–water partition coefficient (Wildman–Crippen LogP) is 4.49. The average molecular weight is 294 g/mol. The van der Waals surface area contributed by atoms with Crippen LogP contribution in [0.4, 0.5) is 4.79 Å². The number of hydrogen-bond acceptors (Lipinski definition) is 3. The Morgan fingerprint density at radius 2 is 1.82 bits per heavy atom. The first-order chi connectivity index (χ1) is 10.5. The van der Waals surface area contributed by atoms with Crippen LogP contribution in [-0.4, -0.2) is 21.2 Å². The Kier molecular flexibility index (Phi) is 3.45. The molecule has 2 aromatic heterocycles. The van der Waals surface area contributed by atoms with E-state index in [0.29, 0.717) is 0 Å². The molecular weight excluding hydrogens is 276 g/mol. The van der Waals surface area contributed by atoms with Crippen LogP contribution in [0.3, 0.4) is 0 Å². The summed E-state index contributed by atoms with van der Waals surface area (Å²) >= 11 is 0. The Bertz CT molecular complexity index is 814. The number of para-hydroxylation sites is 1. The lowest BCUT2D eigenvalue weighted by atomic mass is 10.2. The molecule has 4 nitrogen and oxygen atoms in total. The minimum Gasteiger partial charge on any atom is -0.443 e. The third-order valence-corrected chi connectivity index (χ3v) is 3.21. The molecule has 0 aliphatic heterocycles. The van der Waals surface area contributed by atoms with Gasteiger partial charge in [-0.05, 0) is 45.0 Å². The first kappa shape index (κ1) is 14.3. The molecule has 0 radical (unpaired) electrons. The number of rotatable bonds is 1. The summed E-state index contributed by atoms with van der Waals surface area (Å²) in [5, 5.41) is 0.981. The molecule has 3 aromatic rings. The van der Waals surface area contributed by atoms with Gasteiger partial charge in [0.15, 0.2) is 0 Å². The molecule has 0 spiro atoms. The molecular formula is C18H18N2O2. The second-order valence-corrected chi connectivity index (χ2v) is 6.12. The SMILES string of the molecule is CC(C)(C)OC(=O)n1c(-c2ccccn2)cc2ccccc21. The number of ether oxygens (including phenoxy) is 1. The van der Waals surface area contributed by atoms with Crippen molar-refractivity contribution < 1.29 is 9.53 Å². The van der Waals surface area contributed by atoms with E-state index in [-0.39, 0.29) is 0 Å². The molecule has 0 saturated heterocycles. The van der Waals surface area contributed by atoms with E-state index in [1.54, 1.807) is 10.8 Å². The van der Waals surface area contributed by atoms with Gasteiger partial charge in [-0.15, -0.1) is 0 Å². The number of carbonyl (C=O) groups is 1. The van der Waals surface area contributed by atoms with Gasteiger partial charge in [-0.1, -0.05) is 24.3 Å². The van der Waals surface area contributed by atoms with E-state index in [4.69, 9.17) is 4.74 Å². The summed E-state index contributed by atoms with van der Waals surface area (Å²) in [6.45, 7) is 5.57. The lowest BCUT2D eigenvalue weighted by Crippen LogP contribution is -2.27. The zero-order valence-electron chi connectivity index (χ0n) is 12.9. The monoisotopic (exact) mass is 294 g/mol. The number of nitrogens with zero attached hydrogens (tertiary/aromatic N) is 2. The highest BCUT2D eigenvalue weighted by Gasteiger charge is 2.22. The summed E-state index contributed by atoms with van der Waals surface area (Å²) in [5.41, 5.74) is 1.74. The van der Waals surface area contributed by atoms with Crippen molar-refractivity contribution in [3.63, 3.8) is 0 Å². The van der Waals surface area contributed by atoms with E-state index >= 15 is 0 Å². The number of benzene rings is 1. The average Bonchev–Trinajstić information content (AvgIpc) is 2.86. The quantitative estimate of drug-likeness (QED) is 0.664. The predicted molar refractivity (Wildman–Crippen MR) is 86.8 cm³/mol. The van der Waals surface area contributed by atoms with Gasteiger partial charge in [-0.25, -0.2) is 9.36 Å². The molecule has 0 N–H and O–H groups in total. The normalized spacial score (nSPS) is 11.6. The van der Waals surface area contributed by atoms with Crippen LogP contribution in [0, 0.1) is 0 Å². The third-order valence-electron chi connectivity index (χ3n) is 3.21. The fourth-order valence-corrected chi connectivity index (χ4v) is 2.36. The van der Waals surface area contributed by atoms with Crippen LogP contribution in [0.2, 0.25) is 0 Å². The number of pyridine rings is 1. The maximum absolute atomic E-state index is 12.6. The van der Waals surface area contributed by atoms with Crippen molar-refractivity contribution in [3.05, 3.63) is 54.7 Å². The molecule has 3 rings (SSSR count). The molecule has 0 saturated carbocycles. The molecule has 0 bridgehead atoms. The van der Waals surface area contributed by atoms with E-state index in [2.05, 4.69) is 4.98 Å². The fourth-order valence-electron chi connectivity index (χ4n) is 2.36. The van der Waals surface area contributed by atoms with Crippen LogP contribution in [0.1, 0.15) is 20.8 Å². The molecule has 0 aliphatic rings. The smallest absolute Gasteiger partial charge is 0.419 e. The lowest BCUT2D eigenvalue weighted by Gasteiger charge is -2.20. The minimum absolute atomic E-state index is 0.394. The molecule has 0 aliphatic carbocycles. The first-order valence-electron chi connectivity index (χ1n) is 7.21. The van der Waals surface area contributed by atoms with Crippen LogP contribution in [0.15, 0.2) is 54.7 Å². The van der Waals surface area contributed by atoms with Crippen molar-refractivity contribution in [2.24, 2.45) is 0 Å². The zero-order valence-corrected chi connectivity index (χ0v) is 12.9. The maximum atomic E-state index is 12.6. The number of fused-ring (bicyclic) bond motifs is 1. The molecule has 22 heavy (non-hydrogen) atoms. The van der Waals surface area contributed by atoms with Gasteiger partial charge < -0.3 is 4.74 Å². The van der Waals surface area contributed by atoms with E-state index in [9.17, 15) is 4.79 Å². The second kappa shape index (κ2) is 5.30. The molecule has 0 unspecified atom stereocenters. The first-order valence-corrected chi connectivity index (χ1v) is 7.21. The maximum Gasteiger partial charge on any atom is 0.419 e. The summed E-state index contributed by atoms with van der Waals surface area (Å²) in [4.78, 5) is 17.0. The highest BCUT2D eigenvalue weighted by atomic mass is 16.6. The summed E-state index contributed by atoms with van der Waals surface area (Å²) in [5.74, 6) is 0. The van der Waals surface area contributed by atoms with Gasteiger partial charge in [0.2, 0.25) is 0 Å². The Balaban J connectivity index is 2.20. The summed E-state index contributed by atoms with van der Waals surface area (Å²) in [6.07, 6.45) is 1.32. The van der Waals surface area contributed by atoms with Gasteiger partial charge in [0.25, 0.3) is 0 Å². The van der Waals surface area contributed by atoms with Crippen LogP contribution in [0.5, 0.6) is 0 Å². The van der Waals surface area contributed by atoms with Crippen molar-refractivity contribution in [2.75, 3.05) is 0 Å². The van der Waals surface area contributed by atoms with Crippen LogP contribution in [-0.2, 0) is 4.74 Å². The molecule has 4 heteroatoms. The molecule has 112 valence electrons. The number of hydrogen-bond donors (Lipinski definition) is 0. The highest BCUT2D eigenvalue weighted by molar-refractivity contribution is 5.95. The molecule has 0 fully saturated rings. The van der Waals surface area contributed by atoms with Gasteiger partial charge in [-0.3, -0.25) is 4.98 Å². The number of aromatic nitrogens is 2. The summed E-state index contributed by atoms with van der Waals surface area (Å²) < 4.78 is 7.13.